The number of nitrogens with zero attached hydrogens (tertiary/aromatic N) is 1. The number of aromatic carboxylic acids is 1. The summed E-state index contributed by atoms with van der Waals surface area (Å²) in [4.78, 5) is 11.0. The normalized spacial score (nSPS) is 12.0. The molecule has 2 rings (SSSR count). The van der Waals surface area contributed by atoms with Crippen molar-refractivity contribution in [3.63, 3.8) is 0 Å². The van der Waals surface area contributed by atoms with Gasteiger partial charge in [-0.1, -0.05) is 0 Å². The molecule has 2 N–H and O–H groups in total. The Hall–Kier alpha value is -2.18. The minimum Gasteiger partial charge on any atom is -0.508 e. The van der Waals surface area contributed by atoms with Crippen LogP contribution in [0.15, 0.2) is 18.2 Å². The lowest BCUT2D eigenvalue weighted by Gasteiger charge is -2.09. The molecule has 2 aromatic rings. The Morgan fingerprint density at radius 3 is 2.44 bits per heavy atom. The third kappa shape index (κ3) is 1.68. The summed E-state index contributed by atoms with van der Waals surface area (Å²) < 4.78 is 39.3. The molecule has 4 nitrogen and oxygen atoms in total. The molecule has 0 radical (unpaired) electrons. The molecule has 7 heteroatoms. The first-order chi connectivity index (χ1) is 8.23. The number of carbonyl (C=O) groups is 1. The Kier molecular flexibility index (Phi) is 2.50. The van der Waals surface area contributed by atoms with Gasteiger partial charge in [0.15, 0.2) is 0 Å². The van der Waals surface area contributed by atoms with Crippen molar-refractivity contribution < 1.29 is 28.2 Å². The van der Waals surface area contributed by atoms with Crippen LogP contribution in [0.1, 0.15) is 16.1 Å². The van der Waals surface area contributed by atoms with E-state index in [1.807, 2.05) is 0 Å². The van der Waals surface area contributed by atoms with E-state index >= 15 is 0 Å². The molecule has 0 aliphatic carbocycles. The van der Waals surface area contributed by atoms with Gasteiger partial charge in [0, 0.05) is 18.5 Å². The Balaban J connectivity index is 2.97. The molecular formula is C11H8F3NO3. The van der Waals surface area contributed by atoms with Gasteiger partial charge in [0.1, 0.15) is 11.4 Å². The lowest BCUT2D eigenvalue weighted by Crippen LogP contribution is -2.15. The number of rotatable bonds is 1. The number of fused-ring (bicyclic) bond motifs is 1. The van der Waals surface area contributed by atoms with E-state index in [9.17, 15) is 23.1 Å². The molecule has 1 aromatic heterocycles. The van der Waals surface area contributed by atoms with E-state index in [1.54, 1.807) is 0 Å². The smallest absolute Gasteiger partial charge is 0.432 e. The maximum Gasteiger partial charge on any atom is 0.432 e. The van der Waals surface area contributed by atoms with E-state index in [2.05, 4.69) is 0 Å². The van der Waals surface area contributed by atoms with Gasteiger partial charge < -0.3 is 14.8 Å². The Morgan fingerprint density at radius 1 is 1.33 bits per heavy atom. The van der Waals surface area contributed by atoms with Crippen LogP contribution in [-0.2, 0) is 13.2 Å². The lowest BCUT2D eigenvalue weighted by atomic mass is 10.1. The Morgan fingerprint density at radius 2 is 1.94 bits per heavy atom. The number of alkyl halides is 3. The second-order valence-corrected chi connectivity index (χ2v) is 3.79. The molecule has 0 spiro atoms. The van der Waals surface area contributed by atoms with Gasteiger partial charge in [-0.25, -0.2) is 4.79 Å². The zero-order chi connectivity index (χ0) is 13.7. The van der Waals surface area contributed by atoms with Crippen LogP contribution in [-0.4, -0.2) is 20.7 Å². The molecular weight excluding hydrogens is 251 g/mol. The lowest BCUT2D eigenvalue weighted by molar-refractivity contribution is -0.143. The van der Waals surface area contributed by atoms with Gasteiger partial charge in [-0.2, -0.15) is 13.2 Å². The molecule has 0 aliphatic rings. The molecule has 96 valence electrons. The van der Waals surface area contributed by atoms with Gasteiger partial charge in [-0.3, -0.25) is 0 Å². The van der Waals surface area contributed by atoms with Crippen molar-refractivity contribution in [1.29, 1.82) is 0 Å². The zero-order valence-corrected chi connectivity index (χ0v) is 9.12. The van der Waals surface area contributed by atoms with Gasteiger partial charge in [0.25, 0.3) is 0 Å². The molecule has 0 saturated carbocycles. The average molecular weight is 259 g/mol. The SMILES string of the molecule is Cn1c(C(F)(F)F)c(C(=O)O)c2ccc(O)cc21. The second-order valence-electron chi connectivity index (χ2n) is 3.79. The Bertz CT molecular complexity index is 643. The maximum atomic E-state index is 12.9. The van der Waals surface area contributed by atoms with Gasteiger partial charge in [0.2, 0.25) is 0 Å². The van der Waals surface area contributed by atoms with Crippen molar-refractivity contribution in [2.75, 3.05) is 0 Å². The molecule has 18 heavy (non-hydrogen) atoms. The molecule has 0 aliphatic heterocycles. The quantitative estimate of drug-likeness (QED) is 0.827. The summed E-state index contributed by atoms with van der Waals surface area (Å²) in [6.07, 6.45) is -4.78. The van der Waals surface area contributed by atoms with E-state index in [-0.39, 0.29) is 16.7 Å². The van der Waals surface area contributed by atoms with Gasteiger partial charge in [-0.05, 0) is 12.1 Å². The number of aromatic hydroxyl groups is 1. The van der Waals surface area contributed by atoms with Crippen molar-refractivity contribution >= 4 is 16.9 Å². The van der Waals surface area contributed by atoms with Gasteiger partial charge in [-0.15, -0.1) is 0 Å². The summed E-state index contributed by atoms with van der Waals surface area (Å²) in [5, 5.41) is 18.1. The highest BCUT2D eigenvalue weighted by atomic mass is 19.4. The molecule has 0 bridgehead atoms. The van der Waals surface area contributed by atoms with Crippen molar-refractivity contribution in [3.8, 4) is 5.75 Å². The number of hydrogen-bond acceptors (Lipinski definition) is 2. The summed E-state index contributed by atoms with van der Waals surface area (Å²) in [6, 6.07) is 3.40. The third-order valence-electron chi connectivity index (χ3n) is 2.67. The summed E-state index contributed by atoms with van der Waals surface area (Å²) in [7, 11) is 1.11. The fraction of sp³-hybridized carbons (Fsp3) is 0.182. The standard InChI is InChI=1S/C11H8F3NO3/c1-15-7-4-5(16)2-3-6(7)8(10(17)18)9(15)11(12,13)14/h2-4,16H,1H3,(H,17,18). The number of phenolic OH excluding ortho intramolecular Hbond substituents is 1. The summed E-state index contributed by atoms with van der Waals surface area (Å²) >= 11 is 0. The summed E-state index contributed by atoms with van der Waals surface area (Å²) in [5.74, 6) is -1.88. The Labute approximate surface area is 98.9 Å². The summed E-state index contributed by atoms with van der Waals surface area (Å²) in [5.41, 5.74) is -2.03. The van der Waals surface area contributed by atoms with Gasteiger partial charge in [0.05, 0.1) is 11.1 Å². The minimum atomic E-state index is -4.78. The predicted molar refractivity (Wildman–Crippen MR) is 56.5 cm³/mol. The molecule has 0 atom stereocenters. The van der Waals surface area contributed by atoms with E-state index in [1.165, 1.54) is 0 Å². The maximum absolute atomic E-state index is 12.9. The fourth-order valence-corrected chi connectivity index (χ4v) is 1.97. The first-order valence-corrected chi connectivity index (χ1v) is 4.85. The van der Waals surface area contributed by atoms with Crippen LogP contribution >= 0.6 is 0 Å². The average Bonchev–Trinajstić information content (AvgIpc) is 2.51. The van der Waals surface area contributed by atoms with Crippen LogP contribution in [0.5, 0.6) is 5.75 Å². The van der Waals surface area contributed by atoms with Crippen molar-refractivity contribution in [2.24, 2.45) is 7.05 Å². The number of aryl methyl sites for hydroxylation is 1. The highest BCUT2D eigenvalue weighted by molar-refractivity contribution is 6.05. The largest absolute Gasteiger partial charge is 0.508 e. The third-order valence-corrected chi connectivity index (χ3v) is 2.67. The number of hydrogen-bond donors (Lipinski definition) is 2. The molecule has 0 amide bonds. The second kappa shape index (κ2) is 3.66. The van der Waals surface area contributed by atoms with Crippen molar-refractivity contribution in [2.45, 2.75) is 6.18 Å². The van der Waals surface area contributed by atoms with Crippen LogP contribution in [0.2, 0.25) is 0 Å². The van der Waals surface area contributed by atoms with Crippen LogP contribution in [0.25, 0.3) is 10.9 Å². The number of phenols is 1. The molecule has 0 unspecified atom stereocenters. The van der Waals surface area contributed by atoms with Crippen LogP contribution in [0, 0.1) is 0 Å². The predicted octanol–water partition coefficient (Wildman–Crippen LogP) is 2.60. The number of benzene rings is 1. The van der Waals surface area contributed by atoms with Crippen molar-refractivity contribution in [3.05, 3.63) is 29.5 Å². The van der Waals surface area contributed by atoms with Crippen LogP contribution < -0.4 is 0 Å². The van der Waals surface area contributed by atoms with E-state index < -0.39 is 23.4 Å². The van der Waals surface area contributed by atoms with Crippen molar-refractivity contribution in [1.82, 2.24) is 4.57 Å². The number of halogens is 3. The molecule has 1 heterocycles. The molecule has 0 fully saturated rings. The highest BCUT2D eigenvalue weighted by Crippen LogP contribution is 2.38. The fourth-order valence-electron chi connectivity index (χ4n) is 1.97. The highest BCUT2D eigenvalue weighted by Gasteiger charge is 2.40. The zero-order valence-electron chi connectivity index (χ0n) is 9.12. The van der Waals surface area contributed by atoms with E-state index in [0.717, 1.165) is 29.8 Å². The van der Waals surface area contributed by atoms with Crippen LogP contribution in [0.4, 0.5) is 13.2 Å². The molecule has 0 saturated heterocycles. The number of aromatic nitrogens is 1. The number of carboxylic acids is 1. The monoisotopic (exact) mass is 259 g/mol. The van der Waals surface area contributed by atoms with Crippen LogP contribution in [0.3, 0.4) is 0 Å². The number of carboxylic acid groups (broad SMARTS) is 1. The van der Waals surface area contributed by atoms with E-state index in [0.29, 0.717) is 0 Å². The first-order valence-electron chi connectivity index (χ1n) is 4.85. The first kappa shape index (κ1) is 12.3. The minimum absolute atomic E-state index is 0.0136. The van der Waals surface area contributed by atoms with Gasteiger partial charge >= 0.3 is 12.1 Å². The topological polar surface area (TPSA) is 62.5 Å². The summed E-state index contributed by atoms with van der Waals surface area (Å²) in [6.45, 7) is 0. The van der Waals surface area contributed by atoms with E-state index in [4.69, 9.17) is 5.11 Å². The molecule has 1 aromatic carbocycles.